The van der Waals surface area contributed by atoms with E-state index in [0.717, 1.165) is 64.5 Å². The molecule has 3 atom stereocenters. The topological polar surface area (TPSA) is 95.5 Å². The van der Waals surface area contributed by atoms with Crippen molar-refractivity contribution in [1.29, 1.82) is 0 Å². The smallest absolute Gasteiger partial charge is 0.286 e. The molecule has 0 radical (unpaired) electrons. The largest absolute Gasteiger partial charge is 0.381 e. The summed E-state index contributed by atoms with van der Waals surface area (Å²) in [7, 11) is 0. The Labute approximate surface area is 141 Å². The van der Waals surface area contributed by atoms with Crippen LogP contribution in [-0.4, -0.2) is 59.7 Å². The average molecular weight is 335 g/mol. The highest BCUT2D eigenvalue weighted by molar-refractivity contribution is 5.89. The molecule has 0 bridgehead atoms. The third kappa shape index (κ3) is 3.00. The predicted molar refractivity (Wildman–Crippen MR) is 86.8 cm³/mol. The van der Waals surface area contributed by atoms with E-state index in [4.69, 9.17) is 15.2 Å². The Hall–Kier alpha value is -1.67. The summed E-state index contributed by atoms with van der Waals surface area (Å²) in [5.41, 5.74) is 5.49. The Morgan fingerprint density at radius 1 is 1.21 bits per heavy atom. The van der Waals surface area contributed by atoms with E-state index in [1.807, 2.05) is 4.57 Å². The highest BCUT2D eigenvalue weighted by atomic mass is 16.5. The number of anilines is 1. The van der Waals surface area contributed by atoms with Crippen molar-refractivity contribution in [2.45, 2.75) is 38.3 Å². The van der Waals surface area contributed by atoms with Crippen LogP contribution in [0.5, 0.6) is 0 Å². The molecule has 1 amide bonds. The van der Waals surface area contributed by atoms with Crippen LogP contribution >= 0.6 is 0 Å². The summed E-state index contributed by atoms with van der Waals surface area (Å²) in [6, 6.07) is 0. The molecule has 8 nitrogen and oxygen atoms in total. The van der Waals surface area contributed by atoms with Crippen molar-refractivity contribution in [1.82, 2.24) is 14.8 Å². The van der Waals surface area contributed by atoms with Crippen LogP contribution in [0.4, 0.5) is 5.95 Å². The molecular weight excluding hydrogens is 310 g/mol. The fourth-order valence-corrected chi connectivity index (χ4v) is 4.15. The fraction of sp³-hybridized carbons (Fsp3) is 0.812. The first kappa shape index (κ1) is 15.8. The molecule has 0 saturated carbocycles. The summed E-state index contributed by atoms with van der Waals surface area (Å²) in [5, 5.41) is 8.32. The zero-order valence-electron chi connectivity index (χ0n) is 13.9. The van der Waals surface area contributed by atoms with Crippen molar-refractivity contribution < 1.29 is 14.3 Å². The number of nitrogens with zero attached hydrogens (tertiary/aromatic N) is 4. The van der Waals surface area contributed by atoms with Gasteiger partial charge in [-0.2, -0.15) is 0 Å². The number of hydrogen-bond acceptors (Lipinski definition) is 6. The van der Waals surface area contributed by atoms with Crippen molar-refractivity contribution in [2.75, 3.05) is 37.8 Å². The van der Waals surface area contributed by atoms with E-state index in [0.29, 0.717) is 18.4 Å². The summed E-state index contributed by atoms with van der Waals surface area (Å²) in [6.45, 7) is 4.99. The van der Waals surface area contributed by atoms with Crippen LogP contribution in [0.3, 0.4) is 0 Å². The monoisotopic (exact) mass is 335 g/mol. The van der Waals surface area contributed by atoms with Crippen LogP contribution in [0.2, 0.25) is 0 Å². The van der Waals surface area contributed by atoms with E-state index in [1.54, 1.807) is 0 Å². The van der Waals surface area contributed by atoms with Crippen molar-refractivity contribution in [3.8, 4) is 0 Å². The van der Waals surface area contributed by atoms with Crippen LogP contribution < -0.4 is 10.6 Å². The van der Waals surface area contributed by atoms with Crippen molar-refractivity contribution in [3.63, 3.8) is 0 Å². The quantitative estimate of drug-likeness (QED) is 0.838. The maximum absolute atomic E-state index is 11.7. The average Bonchev–Trinajstić information content (AvgIpc) is 3.35. The molecule has 8 heteroatoms. The van der Waals surface area contributed by atoms with Gasteiger partial charge in [0.15, 0.2) is 0 Å². The van der Waals surface area contributed by atoms with Gasteiger partial charge in [0.05, 0.1) is 12.6 Å². The summed E-state index contributed by atoms with van der Waals surface area (Å²) in [5.74, 6) is 1.71. The van der Waals surface area contributed by atoms with E-state index in [1.165, 1.54) is 0 Å². The minimum atomic E-state index is -0.535. The van der Waals surface area contributed by atoms with Gasteiger partial charge in [-0.3, -0.25) is 9.36 Å². The number of amides is 1. The Morgan fingerprint density at radius 2 is 2.12 bits per heavy atom. The Kier molecular flexibility index (Phi) is 4.41. The van der Waals surface area contributed by atoms with E-state index >= 15 is 0 Å². The van der Waals surface area contributed by atoms with Crippen LogP contribution in [0.1, 0.15) is 36.3 Å². The van der Waals surface area contributed by atoms with E-state index in [-0.39, 0.29) is 11.9 Å². The molecule has 1 aromatic heterocycles. The van der Waals surface area contributed by atoms with Crippen LogP contribution in [0, 0.1) is 11.8 Å². The number of nitrogens with two attached hydrogens (primary N) is 1. The molecule has 3 unspecified atom stereocenters. The molecular formula is C16H25N5O3. The zero-order valence-corrected chi connectivity index (χ0v) is 13.9. The van der Waals surface area contributed by atoms with Gasteiger partial charge in [-0.05, 0) is 37.5 Å². The van der Waals surface area contributed by atoms with Gasteiger partial charge >= 0.3 is 0 Å². The van der Waals surface area contributed by atoms with E-state index in [2.05, 4.69) is 15.1 Å². The molecule has 132 valence electrons. The SMILES string of the molecule is NC(=O)c1nnc(N2CCC(C3CCOC3)C2)n1CC1CCCO1. The Balaban J connectivity index is 1.52. The van der Waals surface area contributed by atoms with Gasteiger partial charge in [0.25, 0.3) is 5.91 Å². The number of hydrogen-bond donors (Lipinski definition) is 1. The number of rotatable bonds is 5. The third-order valence-electron chi connectivity index (χ3n) is 5.50. The molecule has 4 rings (SSSR count). The molecule has 2 N–H and O–H groups in total. The minimum Gasteiger partial charge on any atom is -0.381 e. The lowest BCUT2D eigenvalue weighted by molar-refractivity contribution is 0.0918. The van der Waals surface area contributed by atoms with Gasteiger partial charge in [-0.15, -0.1) is 10.2 Å². The van der Waals surface area contributed by atoms with Gasteiger partial charge in [-0.1, -0.05) is 0 Å². The lowest BCUT2D eigenvalue weighted by Crippen LogP contribution is -2.29. The molecule has 0 aromatic carbocycles. The molecule has 1 aromatic rings. The zero-order chi connectivity index (χ0) is 16.5. The van der Waals surface area contributed by atoms with Gasteiger partial charge in [-0.25, -0.2) is 0 Å². The summed E-state index contributed by atoms with van der Waals surface area (Å²) in [6.07, 6.45) is 4.44. The van der Waals surface area contributed by atoms with Gasteiger partial charge in [0.1, 0.15) is 0 Å². The van der Waals surface area contributed by atoms with Crippen molar-refractivity contribution in [2.24, 2.45) is 17.6 Å². The Bertz CT molecular complexity index is 593. The van der Waals surface area contributed by atoms with Crippen LogP contribution in [0.25, 0.3) is 0 Å². The van der Waals surface area contributed by atoms with Crippen molar-refractivity contribution in [3.05, 3.63) is 5.82 Å². The molecule has 3 aliphatic heterocycles. The number of carbonyl (C=O) groups is 1. The third-order valence-corrected chi connectivity index (χ3v) is 5.50. The number of primary amides is 1. The first-order valence-corrected chi connectivity index (χ1v) is 8.89. The lowest BCUT2D eigenvalue weighted by Gasteiger charge is -2.22. The van der Waals surface area contributed by atoms with E-state index in [9.17, 15) is 4.79 Å². The number of aromatic nitrogens is 3. The maximum Gasteiger partial charge on any atom is 0.286 e. The molecule has 3 fully saturated rings. The standard InChI is InChI=1S/C16H25N5O3/c17-14(22)15-18-19-16(21(15)9-13-2-1-6-24-13)20-5-3-11(8-20)12-4-7-23-10-12/h11-13H,1-10H2,(H2,17,22). The summed E-state index contributed by atoms with van der Waals surface area (Å²) in [4.78, 5) is 14.0. The maximum atomic E-state index is 11.7. The van der Waals surface area contributed by atoms with Gasteiger partial charge in [0, 0.05) is 32.9 Å². The molecule has 24 heavy (non-hydrogen) atoms. The van der Waals surface area contributed by atoms with Gasteiger partial charge in [0.2, 0.25) is 11.8 Å². The molecule has 0 aliphatic carbocycles. The highest BCUT2D eigenvalue weighted by Gasteiger charge is 2.34. The first-order valence-electron chi connectivity index (χ1n) is 8.89. The lowest BCUT2D eigenvalue weighted by atomic mass is 9.91. The summed E-state index contributed by atoms with van der Waals surface area (Å²) >= 11 is 0. The second kappa shape index (κ2) is 6.68. The second-order valence-electron chi connectivity index (χ2n) is 7.05. The Morgan fingerprint density at radius 3 is 2.83 bits per heavy atom. The number of ether oxygens (including phenoxy) is 2. The predicted octanol–water partition coefficient (Wildman–Crippen LogP) is 0.419. The molecule has 0 spiro atoms. The highest BCUT2D eigenvalue weighted by Crippen LogP contribution is 2.32. The normalized spacial score (nSPS) is 30.3. The molecule has 3 aliphatic rings. The van der Waals surface area contributed by atoms with Crippen molar-refractivity contribution >= 4 is 11.9 Å². The van der Waals surface area contributed by atoms with Crippen LogP contribution in [0.15, 0.2) is 0 Å². The second-order valence-corrected chi connectivity index (χ2v) is 7.05. The molecule has 3 saturated heterocycles. The van der Waals surface area contributed by atoms with Gasteiger partial charge < -0.3 is 20.1 Å². The minimum absolute atomic E-state index is 0.111. The fourth-order valence-electron chi connectivity index (χ4n) is 4.15. The van der Waals surface area contributed by atoms with E-state index < -0.39 is 5.91 Å². The molecule has 4 heterocycles. The van der Waals surface area contributed by atoms with Crippen LogP contribution in [-0.2, 0) is 16.0 Å². The first-order chi connectivity index (χ1) is 11.7. The number of carbonyl (C=O) groups excluding carboxylic acids is 1. The summed E-state index contributed by atoms with van der Waals surface area (Å²) < 4.78 is 13.1.